The van der Waals surface area contributed by atoms with E-state index in [9.17, 15) is 14.4 Å². The minimum atomic E-state index is -0.788. The van der Waals surface area contributed by atoms with Gasteiger partial charge in [-0.25, -0.2) is 9.59 Å². The van der Waals surface area contributed by atoms with E-state index in [1.54, 1.807) is 0 Å². The van der Waals surface area contributed by atoms with Crippen molar-refractivity contribution in [2.45, 2.75) is 32.0 Å². The summed E-state index contributed by atoms with van der Waals surface area (Å²) in [5.41, 5.74) is 0.834. The van der Waals surface area contributed by atoms with Crippen LogP contribution in [0.4, 0.5) is 4.79 Å². The predicted octanol–water partition coefficient (Wildman–Crippen LogP) is 1.77. The molecule has 3 atom stereocenters. The van der Waals surface area contributed by atoms with Crippen LogP contribution in [-0.2, 0) is 25.7 Å². The normalized spacial score (nSPS) is 23.9. The Balaban J connectivity index is 2.10. The number of carbonyl (C=O) groups is 3. The highest BCUT2D eigenvalue weighted by molar-refractivity contribution is 5.85. The van der Waals surface area contributed by atoms with Crippen LogP contribution in [0.2, 0.25) is 0 Å². The van der Waals surface area contributed by atoms with Crippen molar-refractivity contribution in [2.75, 3.05) is 7.11 Å². The molecule has 0 saturated carbocycles. The van der Waals surface area contributed by atoms with Crippen molar-refractivity contribution in [1.82, 2.24) is 4.90 Å². The van der Waals surface area contributed by atoms with Crippen molar-refractivity contribution in [2.24, 2.45) is 5.92 Å². The Labute approximate surface area is 129 Å². The SMILES string of the molecule is COC(=O)[C@@H]1[C@@H](C)CC(C=O)N1C(=O)OCc1ccccc1. The third kappa shape index (κ3) is 3.27. The molecule has 118 valence electrons. The van der Waals surface area contributed by atoms with Gasteiger partial charge in [-0.1, -0.05) is 37.3 Å². The van der Waals surface area contributed by atoms with Gasteiger partial charge in [0.05, 0.1) is 13.2 Å². The highest BCUT2D eigenvalue weighted by Crippen LogP contribution is 2.30. The van der Waals surface area contributed by atoms with Gasteiger partial charge in [0.2, 0.25) is 0 Å². The number of nitrogens with zero attached hydrogens (tertiary/aromatic N) is 1. The maximum Gasteiger partial charge on any atom is 0.411 e. The van der Waals surface area contributed by atoms with E-state index in [-0.39, 0.29) is 12.5 Å². The van der Waals surface area contributed by atoms with Gasteiger partial charge < -0.3 is 14.3 Å². The molecule has 1 unspecified atom stereocenters. The third-order valence-corrected chi connectivity index (χ3v) is 3.82. The number of hydrogen-bond acceptors (Lipinski definition) is 5. The predicted molar refractivity (Wildman–Crippen MR) is 77.9 cm³/mol. The summed E-state index contributed by atoms with van der Waals surface area (Å²) in [4.78, 5) is 36.6. The molecule has 22 heavy (non-hydrogen) atoms. The van der Waals surface area contributed by atoms with E-state index in [1.807, 2.05) is 37.3 Å². The number of benzene rings is 1. The van der Waals surface area contributed by atoms with Crippen LogP contribution in [0.25, 0.3) is 0 Å². The van der Waals surface area contributed by atoms with E-state index >= 15 is 0 Å². The summed E-state index contributed by atoms with van der Waals surface area (Å²) in [5.74, 6) is -0.694. The van der Waals surface area contributed by atoms with Gasteiger partial charge in [-0.2, -0.15) is 0 Å². The second-order valence-corrected chi connectivity index (χ2v) is 5.33. The zero-order valence-corrected chi connectivity index (χ0v) is 12.6. The molecule has 0 radical (unpaired) electrons. The molecule has 0 bridgehead atoms. The zero-order valence-electron chi connectivity index (χ0n) is 12.6. The molecular weight excluding hydrogens is 286 g/mol. The molecule has 1 amide bonds. The quantitative estimate of drug-likeness (QED) is 0.626. The molecule has 1 saturated heterocycles. The monoisotopic (exact) mass is 305 g/mol. The molecule has 1 aliphatic rings. The summed E-state index contributed by atoms with van der Waals surface area (Å²) < 4.78 is 9.97. The van der Waals surface area contributed by atoms with Crippen molar-refractivity contribution >= 4 is 18.3 Å². The first-order chi connectivity index (χ1) is 10.6. The Hall–Kier alpha value is -2.37. The molecule has 0 aromatic heterocycles. The number of hydrogen-bond donors (Lipinski definition) is 0. The standard InChI is InChI=1S/C16H19NO5/c1-11-8-13(9-18)17(14(11)15(19)21-2)16(20)22-10-12-6-4-3-5-7-12/h3-7,9,11,13-14H,8,10H2,1-2H3/t11-,13?,14-/m0/s1. The minimum Gasteiger partial charge on any atom is -0.467 e. The van der Waals surface area contributed by atoms with Crippen molar-refractivity contribution in [3.63, 3.8) is 0 Å². The van der Waals surface area contributed by atoms with E-state index < -0.39 is 24.1 Å². The molecule has 1 aromatic carbocycles. The van der Waals surface area contributed by atoms with Gasteiger partial charge in [-0.3, -0.25) is 4.90 Å². The highest BCUT2D eigenvalue weighted by Gasteiger charge is 2.47. The summed E-state index contributed by atoms with van der Waals surface area (Å²) in [6.07, 6.45) is 0.410. The molecule has 6 heteroatoms. The number of rotatable bonds is 4. The van der Waals surface area contributed by atoms with Crippen molar-refractivity contribution < 1.29 is 23.9 Å². The van der Waals surface area contributed by atoms with Crippen molar-refractivity contribution in [3.8, 4) is 0 Å². The number of amides is 1. The second-order valence-electron chi connectivity index (χ2n) is 5.33. The van der Waals surface area contributed by atoms with Crippen LogP contribution in [-0.4, -0.2) is 42.4 Å². The first kappa shape index (κ1) is 16.0. The smallest absolute Gasteiger partial charge is 0.411 e. The van der Waals surface area contributed by atoms with Crippen LogP contribution in [0.3, 0.4) is 0 Å². The number of likely N-dealkylation sites (tertiary alicyclic amines) is 1. The Bertz CT molecular complexity index is 545. The van der Waals surface area contributed by atoms with Gasteiger partial charge in [0.1, 0.15) is 18.9 Å². The largest absolute Gasteiger partial charge is 0.467 e. The Morgan fingerprint density at radius 1 is 1.32 bits per heavy atom. The van der Waals surface area contributed by atoms with Crippen molar-refractivity contribution in [1.29, 1.82) is 0 Å². The fourth-order valence-corrected chi connectivity index (χ4v) is 2.73. The van der Waals surface area contributed by atoms with Crippen molar-refractivity contribution in [3.05, 3.63) is 35.9 Å². The summed E-state index contributed by atoms with van der Waals surface area (Å²) in [6.45, 7) is 1.90. The van der Waals surface area contributed by atoms with Crippen LogP contribution in [0.1, 0.15) is 18.9 Å². The van der Waals surface area contributed by atoms with E-state index in [0.717, 1.165) is 5.56 Å². The van der Waals surface area contributed by atoms with Gasteiger partial charge in [-0.15, -0.1) is 0 Å². The maximum atomic E-state index is 12.3. The lowest BCUT2D eigenvalue weighted by molar-refractivity contribution is -0.147. The molecular formula is C16H19NO5. The summed E-state index contributed by atoms with van der Waals surface area (Å²) in [5, 5.41) is 0. The molecule has 1 fully saturated rings. The van der Waals surface area contributed by atoms with E-state index in [4.69, 9.17) is 9.47 Å². The molecule has 1 aliphatic heterocycles. The van der Waals surface area contributed by atoms with Gasteiger partial charge in [0.25, 0.3) is 0 Å². The third-order valence-electron chi connectivity index (χ3n) is 3.82. The molecule has 1 aromatic rings. The summed E-state index contributed by atoms with van der Waals surface area (Å²) in [6, 6.07) is 7.75. The topological polar surface area (TPSA) is 72.9 Å². The number of carbonyl (C=O) groups excluding carboxylic acids is 3. The van der Waals surface area contributed by atoms with Crippen LogP contribution in [0.15, 0.2) is 30.3 Å². The van der Waals surface area contributed by atoms with E-state index in [1.165, 1.54) is 12.0 Å². The van der Waals surface area contributed by atoms with E-state index in [0.29, 0.717) is 12.7 Å². The summed E-state index contributed by atoms with van der Waals surface area (Å²) >= 11 is 0. The van der Waals surface area contributed by atoms with Crippen LogP contribution < -0.4 is 0 Å². The molecule has 0 spiro atoms. The van der Waals surface area contributed by atoms with Gasteiger partial charge in [-0.05, 0) is 17.9 Å². The van der Waals surface area contributed by atoms with Gasteiger partial charge >= 0.3 is 12.1 Å². The lowest BCUT2D eigenvalue weighted by Gasteiger charge is -2.26. The second kappa shape index (κ2) is 7.06. The molecule has 6 nitrogen and oxygen atoms in total. The number of methoxy groups -OCH3 is 1. The Kier molecular flexibility index (Phi) is 5.14. The fourth-order valence-electron chi connectivity index (χ4n) is 2.73. The molecule has 0 N–H and O–H groups in total. The lowest BCUT2D eigenvalue weighted by Crippen LogP contribution is -2.47. The van der Waals surface area contributed by atoms with Crippen LogP contribution in [0.5, 0.6) is 0 Å². The molecule has 1 heterocycles. The first-order valence-corrected chi connectivity index (χ1v) is 7.10. The van der Waals surface area contributed by atoms with Gasteiger partial charge in [0.15, 0.2) is 0 Å². The minimum absolute atomic E-state index is 0.0873. The zero-order chi connectivity index (χ0) is 16.1. The number of esters is 1. The average Bonchev–Trinajstić information content (AvgIpc) is 2.89. The first-order valence-electron chi connectivity index (χ1n) is 7.10. The fraction of sp³-hybridized carbons (Fsp3) is 0.438. The molecule has 2 rings (SSSR count). The molecule has 0 aliphatic carbocycles. The van der Waals surface area contributed by atoms with E-state index in [2.05, 4.69) is 0 Å². The lowest BCUT2D eigenvalue weighted by atomic mass is 10.0. The average molecular weight is 305 g/mol. The number of aldehydes is 1. The Morgan fingerprint density at radius 3 is 2.59 bits per heavy atom. The van der Waals surface area contributed by atoms with Crippen LogP contribution >= 0.6 is 0 Å². The number of ether oxygens (including phenoxy) is 2. The Morgan fingerprint density at radius 2 is 2.00 bits per heavy atom. The van der Waals surface area contributed by atoms with Gasteiger partial charge in [0, 0.05) is 0 Å². The van der Waals surface area contributed by atoms with Crippen LogP contribution in [0, 0.1) is 5.92 Å². The summed E-state index contributed by atoms with van der Waals surface area (Å²) in [7, 11) is 1.26. The maximum absolute atomic E-state index is 12.3. The highest BCUT2D eigenvalue weighted by atomic mass is 16.6.